The van der Waals surface area contributed by atoms with Crippen molar-refractivity contribution in [1.29, 1.82) is 0 Å². The molecule has 0 N–H and O–H groups in total. The highest BCUT2D eigenvalue weighted by Crippen LogP contribution is 2.22. The summed E-state index contributed by atoms with van der Waals surface area (Å²) in [5.74, 6) is -0.220. The van der Waals surface area contributed by atoms with Crippen LogP contribution in [0.25, 0.3) is 5.69 Å². The lowest BCUT2D eigenvalue weighted by Gasteiger charge is -2.22. The van der Waals surface area contributed by atoms with Crippen LogP contribution in [0.1, 0.15) is 28.2 Å². The summed E-state index contributed by atoms with van der Waals surface area (Å²) in [6.45, 7) is 3.65. The number of aryl methyl sites for hydroxylation is 1. The van der Waals surface area contributed by atoms with E-state index in [0.717, 1.165) is 5.56 Å². The van der Waals surface area contributed by atoms with Crippen molar-refractivity contribution < 1.29 is 13.2 Å². The molecule has 1 aromatic heterocycles. The van der Waals surface area contributed by atoms with E-state index in [2.05, 4.69) is 10.3 Å². The van der Waals surface area contributed by atoms with Crippen LogP contribution in [0.5, 0.6) is 0 Å². The number of halogens is 1. The van der Waals surface area contributed by atoms with Gasteiger partial charge in [-0.05, 0) is 38.0 Å². The summed E-state index contributed by atoms with van der Waals surface area (Å²) in [6, 6.07) is 5.16. The van der Waals surface area contributed by atoms with E-state index in [9.17, 15) is 13.2 Å². The van der Waals surface area contributed by atoms with Crippen molar-refractivity contribution in [1.82, 2.24) is 19.9 Å². The second kappa shape index (κ2) is 6.42. The number of sulfone groups is 1. The Labute approximate surface area is 151 Å². The number of rotatable bonds is 3. The molecule has 7 nitrogen and oxygen atoms in total. The molecular weight excluding hydrogens is 364 g/mol. The van der Waals surface area contributed by atoms with Crippen LogP contribution < -0.4 is 0 Å². The maximum Gasteiger partial charge on any atom is 0.276 e. The van der Waals surface area contributed by atoms with Gasteiger partial charge in [-0.2, -0.15) is 0 Å². The minimum Gasteiger partial charge on any atom is -0.336 e. The normalized spacial score (nSPS) is 19.1. The Morgan fingerprint density at radius 1 is 1.36 bits per heavy atom. The van der Waals surface area contributed by atoms with E-state index in [0.29, 0.717) is 22.8 Å². The van der Waals surface area contributed by atoms with E-state index in [1.807, 2.05) is 19.1 Å². The first-order valence-corrected chi connectivity index (χ1v) is 10.1. The van der Waals surface area contributed by atoms with Gasteiger partial charge in [-0.3, -0.25) is 4.79 Å². The lowest BCUT2D eigenvalue weighted by atomic mass is 10.2. The average molecular weight is 383 g/mol. The van der Waals surface area contributed by atoms with Gasteiger partial charge in [-0.1, -0.05) is 22.9 Å². The third kappa shape index (κ3) is 3.41. The van der Waals surface area contributed by atoms with Crippen molar-refractivity contribution in [2.45, 2.75) is 26.3 Å². The van der Waals surface area contributed by atoms with Gasteiger partial charge in [0, 0.05) is 18.1 Å². The van der Waals surface area contributed by atoms with E-state index in [1.54, 1.807) is 24.7 Å². The van der Waals surface area contributed by atoms with Gasteiger partial charge < -0.3 is 4.90 Å². The Morgan fingerprint density at radius 2 is 2.08 bits per heavy atom. The Morgan fingerprint density at radius 3 is 2.68 bits per heavy atom. The first kappa shape index (κ1) is 17.9. The van der Waals surface area contributed by atoms with Crippen LogP contribution in [-0.4, -0.2) is 58.8 Å². The molecule has 3 rings (SSSR count). The van der Waals surface area contributed by atoms with Crippen LogP contribution in [0, 0.1) is 13.8 Å². The smallest absolute Gasteiger partial charge is 0.276 e. The molecule has 0 aliphatic carbocycles. The third-order valence-electron chi connectivity index (χ3n) is 4.57. The van der Waals surface area contributed by atoms with Crippen LogP contribution >= 0.6 is 11.6 Å². The average Bonchev–Trinajstić information content (AvgIpc) is 3.11. The summed E-state index contributed by atoms with van der Waals surface area (Å²) in [5.41, 5.74) is 2.45. The number of hydrogen-bond acceptors (Lipinski definition) is 5. The molecule has 0 radical (unpaired) electrons. The predicted molar refractivity (Wildman–Crippen MR) is 95.0 cm³/mol. The van der Waals surface area contributed by atoms with Crippen LogP contribution in [-0.2, 0) is 9.84 Å². The van der Waals surface area contributed by atoms with Gasteiger partial charge in [0.05, 0.1) is 22.9 Å². The fourth-order valence-corrected chi connectivity index (χ4v) is 4.85. The van der Waals surface area contributed by atoms with Gasteiger partial charge >= 0.3 is 0 Å². The van der Waals surface area contributed by atoms with E-state index >= 15 is 0 Å². The van der Waals surface area contributed by atoms with Crippen LogP contribution in [0.3, 0.4) is 0 Å². The quantitative estimate of drug-likeness (QED) is 0.808. The second-order valence-electron chi connectivity index (χ2n) is 6.34. The van der Waals surface area contributed by atoms with E-state index in [1.165, 1.54) is 4.90 Å². The van der Waals surface area contributed by atoms with Crippen molar-refractivity contribution in [3.63, 3.8) is 0 Å². The molecule has 1 unspecified atom stereocenters. The van der Waals surface area contributed by atoms with Gasteiger partial charge in [0.15, 0.2) is 15.5 Å². The van der Waals surface area contributed by atoms with E-state index < -0.39 is 9.84 Å². The maximum absolute atomic E-state index is 12.7. The zero-order valence-electron chi connectivity index (χ0n) is 14.2. The third-order valence-corrected chi connectivity index (χ3v) is 6.73. The summed E-state index contributed by atoms with van der Waals surface area (Å²) in [5, 5.41) is 8.67. The maximum atomic E-state index is 12.7. The lowest BCUT2D eigenvalue weighted by Crippen LogP contribution is -2.38. The number of nitrogens with zero attached hydrogens (tertiary/aromatic N) is 4. The molecule has 25 heavy (non-hydrogen) atoms. The minimum atomic E-state index is -3.06. The molecule has 2 heterocycles. The molecule has 1 atom stereocenters. The number of amides is 1. The SMILES string of the molecule is Cc1ccc(-n2nnc(C(=O)N(C)C3CCS(=O)(=O)C3)c2C)cc1Cl. The molecule has 0 saturated carbocycles. The molecule has 2 aromatic rings. The summed E-state index contributed by atoms with van der Waals surface area (Å²) in [4.78, 5) is 14.2. The van der Waals surface area contributed by atoms with E-state index in [4.69, 9.17) is 11.6 Å². The van der Waals surface area contributed by atoms with Crippen molar-refractivity contribution in [2.24, 2.45) is 0 Å². The van der Waals surface area contributed by atoms with Gasteiger partial charge in [0.2, 0.25) is 0 Å². The topological polar surface area (TPSA) is 85.2 Å². The van der Waals surface area contributed by atoms with Crippen molar-refractivity contribution >= 4 is 27.3 Å². The first-order chi connectivity index (χ1) is 11.7. The highest BCUT2D eigenvalue weighted by molar-refractivity contribution is 7.91. The van der Waals surface area contributed by atoms with Gasteiger partial charge in [-0.15, -0.1) is 5.10 Å². The highest BCUT2D eigenvalue weighted by Gasteiger charge is 2.34. The predicted octanol–water partition coefficient (Wildman–Crippen LogP) is 1.80. The molecule has 9 heteroatoms. The van der Waals surface area contributed by atoms with Crippen LogP contribution in [0.15, 0.2) is 18.2 Å². The molecule has 1 fully saturated rings. The van der Waals surface area contributed by atoms with Crippen molar-refractivity contribution in [3.8, 4) is 5.69 Å². The first-order valence-electron chi connectivity index (χ1n) is 7.86. The van der Waals surface area contributed by atoms with Crippen LogP contribution in [0.4, 0.5) is 0 Å². The van der Waals surface area contributed by atoms with Crippen molar-refractivity contribution in [3.05, 3.63) is 40.2 Å². The number of carbonyl (C=O) groups is 1. The fourth-order valence-electron chi connectivity index (χ4n) is 2.90. The second-order valence-corrected chi connectivity index (χ2v) is 8.98. The van der Waals surface area contributed by atoms with Crippen LogP contribution in [0.2, 0.25) is 5.02 Å². The van der Waals surface area contributed by atoms with Gasteiger partial charge in [0.1, 0.15) is 0 Å². The molecule has 1 aromatic carbocycles. The number of benzene rings is 1. The summed E-state index contributed by atoms with van der Waals surface area (Å²) < 4.78 is 24.8. The Hall–Kier alpha value is -1.93. The molecule has 1 aliphatic heterocycles. The minimum absolute atomic E-state index is 0.00397. The zero-order chi connectivity index (χ0) is 18.4. The molecule has 134 valence electrons. The Balaban J connectivity index is 1.87. The highest BCUT2D eigenvalue weighted by atomic mass is 35.5. The molecule has 1 aliphatic rings. The fraction of sp³-hybridized carbons (Fsp3) is 0.438. The zero-order valence-corrected chi connectivity index (χ0v) is 15.8. The summed E-state index contributed by atoms with van der Waals surface area (Å²) in [7, 11) is -1.46. The van der Waals surface area contributed by atoms with Gasteiger partial charge in [-0.25, -0.2) is 13.1 Å². The number of aromatic nitrogens is 3. The molecule has 0 spiro atoms. The summed E-state index contributed by atoms with van der Waals surface area (Å²) in [6.07, 6.45) is 0.450. The van der Waals surface area contributed by atoms with Gasteiger partial charge in [0.25, 0.3) is 5.91 Å². The molecule has 1 saturated heterocycles. The van der Waals surface area contributed by atoms with E-state index in [-0.39, 0.29) is 29.1 Å². The molecule has 0 bridgehead atoms. The number of carbonyl (C=O) groups excluding carboxylic acids is 1. The standard InChI is InChI=1S/C16H19ClN4O3S/c1-10-4-5-12(8-14(10)17)21-11(2)15(18-19-21)16(22)20(3)13-6-7-25(23,24)9-13/h4-5,8,13H,6-7,9H2,1-3H3. The summed E-state index contributed by atoms with van der Waals surface area (Å²) >= 11 is 6.16. The molecular formula is C16H19ClN4O3S. The van der Waals surface area contributed by atoms with Crippen molar-refractivity contribution in [2.75, 3.05) is 18.6 Å². The molecule has 1 amide bonds. The largest absolute Gasteiger partial charge is 0.336 e. The Kier molecular flexibility index (Phi) is 4.59. The number of hydrogen-bond donors (Lipinski definition) is 0. The monoisotopic (exact) mass is 382 g/mol. The lowest BCUT2D eigenvalue weighted by molar-refractivity contribution is 0.0741. The Bertz CT molecular complexity index is 939.